The second kappa shape index (κ2) is 4.67. The van der Waals surface area contributed by atoms with Crippen molar-refractivity contribution in [3.8, 4) is 0 Å². The van der Waals surface area contributed by atoms with Crippen LogP contribution < -0.4 is 0 Å². The van der Waals surface area contributed by atoms with Crippen molar-refractivity contribution >= 4 is 23.2 Å². The van der Waals surface area contributed by atoms with E-state index in [0.29, 0.717) is 0 Å². The highest BCUT2D eigenvalue weighted by Crippen LogP contribution is 2.09. The maximum Gasteiger partial charge on any atom is 0.178 e. The fourth-order valence-electron chi connectivity index (χ4n) is 0.770. The molecule has 0 spiro atoms. The van der Waals surface area contributed by atoms with Gasteiger partial charge >= 0.3 is 0 Å². The molecular formula is C10H10OS. The zero-order chi connectivity index (χ0) is 8.81. The summed E-state index contributed by atoms with van der Waals surface area (Å²) in [6, 6.07) is 3.94. The van der Waals surface area contributed by atoms with Crippen molar-refractivity contribution in [1.29, 1.82) is 0 Å². The van der Waals surface area contributed by atoms with E-state index in [1.165, 1.54) is 0 Å². The third-order valence-electron chi connectivity index (χ3n) is 1.29. The van der Waals surface area contributed by atoms with Gasteiger partial charge in [0.25, 0.3) is 0 Å². The van der Waals surface area contributed by atoms with E-state index in [0.717, 1.165) is 4.88 Å². The molecule has 0 aromatic carbocycles. The summed E-state index contributed by atoms with van der Waals surface area (Å²) in [4.78, 5) is 12.1. The molecule has 62 valence electrons. The summed E-state index contributed by atoms with van der Waals surface area (Å²) in [5, 5.41) is 1.99. The molecule has 0 amide bonds. The fraction of sp³-hybridized carbons (Fsp3) is 0.100. The molecule has 2 heteroatoms. The molecule has 0 atom stereocenters. The highest BCUT2D eigenvalue weighted by Gasteiger charge is 1.88. The zero-order valence-electron chi connectivity index (χ0n) is 6.86. The van der Waals surface area contributed by atoms with Crippen LogP contribution >= 0.6 is 11.3 Å². The average Bonchev–Trinajstić information content (AvgIpc) is 2.53. The lowest BCUT2D eigenvalue weighted by atomic mass is 10.3. The standard InChI is InChI=1S/C10H10OS/c1-2-4-9(11)6-7-10-5-3-8-12-10/h2-8H,1H3/b4-2+,7-6+. The SMILES string of the molecule is C/C=C/C(=O)/C=C/c1cccs1. The van der Waals surface area contributed by atoms with Crippen molar-refractivity contribution in [3.05, 3.63) is 40.6 Å². The summed E-state index contributed by atoms with van der Waals surface area (Å²) in [6.07, 6.45) is 6.68. The van der Waals surface area contributed by atoms with Gasteiger partial charge in [-0.05, 0) is 36.6 Å². The van der Waals surface area contributed by atoms with Gasteiger partial charge in [-0.2, -0.15) is 0 Å². The lowest BCUT2D eigenvalue weighted by molar-refractivity contribution is -0.110. The highest BCUT2D eigenvalue weighted by atomic mass is 32.1. The van der Waals surface area contributed by atoms with Crippen LogP contribution in [-0.2, 0) is 4.79 Å². The molecule has 1 nitrogen and oxygen atoms in total. The first-order valence-electron chi connectivity index (χ1n) is 3.71. The van der Waals surface area contributed by atoms with E-state index in [9.17, 15) is 4.79 Å². The highest BCUT2D eigenvalue weighted by molar-refractivity contribution is 7.10. The van der Waals surface area contributed by atoms with Gasteiger partial charge in [-0.1, -0.05) is 12.1 Å². The molecule has 1 rings (SSSR count). The minimum absolute atomic E-state index is 0.0332. The van der Waals surface area contributed by atoms with E-state index in [1.54, 1.807) is 29.6 Å². The van der Waals surface area contributed by atoms with Crippen LogP contribution in [0.25, 0.3) is 6.08 Å². The normalized spacial score (nSPS) is 11.4. The van der Waals surface area contributed by atoms with Crippen molar-refractivity contribution in [1.82, 2.24) is 0 Å². The van der Waals surface area contributed by atoms with Gasteiger partial charge < -0.3 is 0 Å². The van der Waals surface area contributed by atoms with Crippen LogP contribution in [0.3, 0.4) is 0 Å². The molecule has 12 heavy (non-hydrogen) atoms. The maximum absolute atomic E-state index is 11.0. The van der Waals surface area contributed by atoms with Gasteiger partial charge in [-0.25, -0.2) is 0 Å². The average molecular weight is 178 g/mol. The number of ketones is 1. The first kappa shape index (κ1) is 8.94. The Morgan fingerprint density at radius 1 is 1.50 bits per heavy atom. The van der Waals surface area contributed by atoms with Crippen LogP contribution in [-0.4, -0.2) is 5.78 Å². The smallest absolute Gasteiger partial charge is 0.178 e. The van der Waals surface area contributed by atoms with Crippen LogP contribution in [0.2, 0.25) is 0 Å². The van der Waals surface area contributed by atoms with Crippen LogP contribution in [0.1, 0.15) is 11.8 Å². The summed E-state index contributed by atoms with van der Waals surface area (Å²) < 4.78 is 0. The Morgan fingerprint density at radius 2 is 2.33 bits per heavy atom. The molecule has 1 aromatic rings. The van der Waals surface area contributed by atoms with Crippen molar-refractivity contribution in [2.45, 2.75) is 6.92 Å². The molecule has 0 bridgehead atoms. The van der Waals surface area contributed by atoms with Crippen LogP contribution in [0.15, 0.2) is 35.7 Å². The van der Waals surface area contributed by atoms with Crippen LogP contribution in [0, 0.1) is 0 Å². The van der Waals surface area contributed by atoms with Crippen molar-refractivity contribution in [3.63, 3.8) is 0 Å². The minimum Gasteiger partial charge on any atom is -0.290 e. The second-order valence-corrected chi connectivity index (χ2v) is 3.23. The Balaban J connectivity index is 2.57. The molecule has 0 saturated heterocycles. The minimum atomic E-state index is 0.0332. The molecule has 0 aliphatic carbocycles. The molecule has 0 radical (unpaired) electrons. The predicted octanol–water partition coefficient (Wildman–Crippen LogP) is 2.91. The third-order valence-corrected chi connectivity index (χ3v) is 2.12. The quantitative estimate of drug-likeness (QED) is 0.650. The summed E-state index contributed by atoms with van der Waals surface area (Å²) in [6.45, 7) is 1.83. The van der Waals surface area contributed by atoms with Crippen molar-refractivity contribution in [2.24, 2.45) is 0 Å². The van der Waals surface area contributed by atoms with Gasteiger partial charge in [0.1, 0.15) is 0 Å². The Labute approximate surface area is 76.0 Å². The van der Waals surface area contributed by atoms with Gasteiger partial charge in [0.15, 0.2) is 5.78 Å². The molecule has 0 saturated carbocycles. The molecule has 1 aromatic heterocycles. The predicted molar refractivity (Wildman–Crippen MR) is 53.2 cm³/mol. The Bertz CT molecular complexity index is 294. The van der Waals surface area contributed by atoms with Crippen LogP contribution in [0.4, 0.5) is 0 Å². The van der Waals surface area contributed by atoms with Gasteiger partial charge in [0.2, 0.25) is 0 Å². The van der Waals surface area contributed by atoms with Crippen LogP contribution in [0.5, 0.6) is 0 Å². The number of thiophene rings is 1. The van der Waals surface area contributed by atoms with E-state index >= 15 is 0 Å². The number of hydrogen-bond acceptors (Lipinski definition) is 2. The molecule has 0 aliphatic heterocycles. The Kier molecular flexibility index (Phi) is 3.48. The Morgan fingerprint density at radius 3 is 2.92 bits per heavy atom. The summed E-state index contributed by atoms with van der Waals surface area (Å²) in [5.41, 5.74) is 0. The van der Waals surface area contributed by atoms with Crippen molar-refractivity contribution < 1.29 is 4.79 Å². The molecule has 0 aliphatic rings. The zero-order valence-corrected chi connectivity index (χ0v) is 7.67. The number of rotatable bonds is 3. The topological polar surface area (TPSA) is 17.1 Å². The number of carbonyl (C=O) groups excluding carboxylic acids is 1. The molecule has 0 fully saturated rings. The largest absolute Gasteiger partial charge is 0.290 e. The first-order valence-corrected chi connectivity index (χ1v) is 4.59. The van der Waals surface area contributed by atoms with Crippen molar-refractivity contribution in [2.75, 3.05) is 0 Å². The molecule has 0 unspecified atom stereocenters. The van der Waals surface area contributed by atoms with E-state index < -0.39 is 0 Å². The first-order chi connectivity index (χ1) is 5.83. The second-order valence-electron chi connectivity index (χ2n) is 2.25. The number of allylic oxidation sites excluding steroid dienone is 3. The monoisotopic (exact) mass is 178 g/mol. The summed E-state index contributed by atoms with van der Waals surface area (Å²) in [5.74, 6) is 0.0332. The Hall–Kier alpha value is -1.15. The van der Waals surface area contributed by atoms with E-state index in [2.05, 4.69) is 0 Å². The van der Waals surface area contributed by atoms with Gasteiger partial charge in [-0.3, -0.25) is 4.79 Å². The maximum atomic E-state index is 11.0. The van der Waals surface area contributed by atoms with Gasteiger partial charge in [0, 0.05) is 4.88 Å². The fourth-order valence-corrected chi connectivity index (χ4v) is 1.39. The molecular weight excluding hydrogens is 168 g/mol. The lowest BCUT2D eigenvalue weighted by Crippen LogP contribution is -1.82. The van der Waals surface area contributed by atoms with E-state index in [1.807, 2.05) is 30.5 Å². The van der Waals surface area contributed by atoms with Gasteiger partial charge in [-0.15, -0.1) is 11.3 Å². The summed E-state index contributed by atoms with van der Waals surface area (Å²) >= 11 is 1.62. The number of hydrogen-bond donors (Lipinski definition) is 0. The lowest BCUT2D eigenvalue weighted by Gasteiger charge is -1.81. The molecule has 1 heterocycles. The number of carbonyl (C=O) groups is 1. The molecule has 0 N–H and O–H groups in total. The van der Waals surface area contributed by atoms with E-state index in [4.69, 9.17) is 0 Å². The summed E-state index contributed by atoms with van der Waals surface area (Å²) in [7, 11) is 0. The van der Waals surface area contributed by atoms with E-state index in [-0.39, 0.29) is 5.78 Å². The third kappa shape index (κ3) is 2.84. The van der Waals surface area contributed by atoms with Gasteiger partial charge in [0.05, 0.1) is 0 Å².